The van der Waals surface area contributed by atoms with Gasteiger partial charge in [0.05, 0.1) is 18.2 Å². The Bertz CT molecular complexity index is 830. The van der Waals surface area contributed by atoms with Crippen molar-refractivity contribution in [1.82, 2.24) is 16.0 Å². The summed E-state index contributed by atoms with van der Waals surface area (Å²) in [5.41, 5.74) is 6.49. The summed E-state index contributed by atoms with van der Waals surface area (Å²) in [6.45, 7) is 6.27. The maximum Gasteiger partial charge on any atom is 0.326 e. The van der Waals surface area contributed by atoms with Gasteiger partial charge in [-0.05, 0) is 31.7 Å². The van der Waals surface area contributed by atoms with E-state index in [2.05, 4.69) is 16.0 Å². The van der Waals surface area contributed by atoms with Crippen molar-refractivity contribution in [3.8, 4) is 0 Å². The second-order valence-electron chi connectivity index (χ2n) is 8.78. The van der Waals surface area contributed by atoms with Crippen LogP contribution in [0.1, 0.15) is 39.7 Å². The average Bonchev–Trinajstić information content (AvgIpc) is 2.74. The quantitative estimate of drug-likeness (QED) is 0.185. The number of rotatable bonds is 13. The van der Waals surface area contributed by atoms with Gasteiger partial charge in [-0.15, -0.1) is 0 Å². The highest BCUT2D eigenvalue weighted by atomic mass is 16.4. The van der Waals surface area contributed by atoms with Crippen LogP contribution in [0.5, 0.6) is 0 Å². The highest BCUT2D eigenvalue weighted by Crippen LogP contribution is 2.07. The largest absolute Gasteiger partial charge is 0.480 e. The Balaban J connectivity index is 2.92. The number of carbonyl (C=O) groups excluding carboxylic acids is 3. The highest BCUT2D eigenvalue weighted by Gasteiger charge is 2.34. The van der Waals surface area contributed by atoms with Gasteiger partial charge in [0, 0.05) is 6.42 Å². The van der Waals surface area contributed by atoms with Crippen LogP contribution in [0.2, 0.25) is 0 Å². The smallest absolute Gasteiger partial charge is 0.326 e. The van der Waals surface area contributed by atoms with Gasteiger partial charge >= 0.3 is 5.97 Å². The zero-order chi connectivity index (χ0) is 26.0. The number of hydrogen-bond acceptors (Lipinski definition) is 7. The lowest BCUT2D eigenvalue weighted by Crippen LogP contribution is -2.62. The Hall–Kier alpha value is -3.02. The minimum Gasteiger partial charge on any atom is -0.480 e. The molecular weight excluding hydrogens is 444 g/mol. The van der Waals surface area contributed by atoms with Crippen LogP contribution in [-0.2, 0) is 25.6 Å². The van der Waals surface area contributed by atoms with Crippen LogP contribution in [-0.4, -0.2) is 75.4 Å². The molecule has 0 aromatic heterocycles. The molecule has 11 heteroatoms. The molecule has 0 radical (unpaired) electrons. The number of carbonyl (C=O) groups is 4. The molecule has 6 unspecified atom stereocenters. The third-order valence-electron chi connectivity index (χ3n) is 5.08. The summed E-state index contributed by atoms with van der Waals surface area (Å²) in [4.78, 5) is 49.5. The zero-order valence-electron chi connectivity index (χ0n) is 19.9. The average molecular weight is 481 g/mol. The Kier molecular flexibility index (Phi) is 11.6. The Morgan fingerprint density at radius 3 is 1.74 bits per heavy atom. The molecule has 0 saturated carbocycles. The molecule has 0 saturated heterocycles. The molecule has 6 atom stereocenters. The standard InChI is InChI=1S/C23H36N4O7/c1-12(2)10-16(24)20(30)26-19(14(4)29)22(32)27-18(13(3)28)21(31)25-17(23(33)34)11-15-8-6-5-7-9-15/h5-9,12-14,16-19,28-29H,10-11,24H2,1-4H3,(H,25,31)(H,26,30)(H,27,32)(H,33,34). The van der Waals surface area contributed by atoms with E-state index in [1.165, 1.54) is 13.8 Å². The normalized spacial score (nSPS) is 16.5. The first kappa shape index (κ1) is 29.0. The van der Waals surface area contributed by atoms with Crippen LogP contribution in [0, 0.1) is 5.92 Å². The molecule has 1 aromatic rings. The molecule has 34 heavy (non-hydrogen) atoms. The fourth-order valence-corrected chi connectivity index (χ4v) is 3.24. The molecule has 11 nitrogen and oxygen atoms in total. The molecule has 0 heterocycles. The molecule has 0 spiro atoms. The lowest BCUT2D eigenvalue weighted by atomic mass is 10.0. The molecule has 3 amide bonds. The number of hydrogen-bond donors (Lipinski definition) is 7. The van der Waals surface area contributed by atoms with Crippen LogP contribution in [0.15, 0.2) is 30.3 Å². The number of aliphatic hydroxyl groups is 2. The molecule has 0 aliphatic heterocycles. The fourth-order valence-electron chi connectivity index (χ4n) is 3.24. The van der Waals surface area contributed by atoms with Crippen molar-refractivity contribution in [1.29, 1.82) is 0 Å². The predicted molar refractivity (Wildman–Crippen MR) is 124 cm³/mol. The number of benzene rings is 1. The minimum atomic E-state index is -1.53. The molecule has 190 valence electrons. The number of nitrogens with one attached hydrogen (secondary N) is 3. The van der Waals surface area contributed by atoms with Gasteiger partial charge in [0.2, 0.25) is 17.7 Å². The summed E-state index contributed by atoms with van der Waals surface area (Å²) in [7, 11) is 0. The lowest BCUT2D eigenvalue weighted by molar-refractivity contribution is -0.143. The molecule has 8 N–H and O–H groups in total. The summed E-state index contributed by atoms with van der Waals surface area (Å²) in [5.74, 6) is -3.68. The van der Waals surface area contributed by atoms with Crippen molar-refractivity contribution in [3.05, 3.63) is 35.9 Å². The monoisotopic (exact) mass is 480 g/mol. The number of nitrogens with two attached hydrogens (primary N) is 1. The van der Waals surface area contributed by atoms with E-state index in [4.69, 9.17) is 5.73 Å². The van der Waals surface area contributed by atoms with Gasteiger partial charge in [0.1, 0.15) is 18.1 Å². The first-order valence-electron chi connectivity index (χ1n) is 11.1. The number of aliphatic carboxylic acids is 1. The third kappa shape index (κ3) is 9.46. The van der Waals surface area contributed by atoms with Crippen LogP contribution in [0.4, 0.5) is 0 Å². The van der Waals surface area contributed by atoms with Crippen molar-refractivity contribution in [2.75, 3.05) is 0 Å². The SMILES string of the molecule is CC(C)CC(N)C(=O)NC(C(=O)NC(C(=O)NC(Cc1ccccc1)C(=O)O)C(C)O)C(C)O. The van der Waals surface area contributed by atoms with Gasteiger partial charge in [0.25, 0.3) is 0 Å². The molecule has 0 bridgehead atoms. The number of carboxylic acid groups (broad SMARTS) is 1. The van der Waals surface area contributed by atoms with Crippen molar-refractivity contribution >= 4 is 23.7 Å². The van der Waals surface area contributed by atoms with E-state index in [0.29, 0.717) is 12.0 Å². The van der Waals surface area contributed by atoms with Crippen LogP contribution >= 0.6 is 0 Å². The summed E-state index contributed by atoms with van der Waals surface area (Å²) in [5, 5.41) is 36.5. The number of aliphatic hydroxyl groups excluding tert-OH is 2. The molecule has 0 aliphatic carbocycles. The van der Waals surface area contributed by atoms with Crippen LogP contribution in [0.25, 0.3) is 0 Å². The molecule has 1 rings (SSSR count). The summed E-state index contributed by atoms with van der Waals surface area (Å²) in [6, 6.07) is 3.44. The summed E-state index contributed by atoms with van der Waals surface area (Å²) in [6.07, 6.45) is -2.39. The lowest BCUT2D eigenvalue weighted by Gasteiger charge is -2.27. The maximum absolute atomic E-state index is 12.8. The van der Waals surface area contributed by atoms with E-state index in [1.54, 1.807) is 30.3 Å². The Morgan fingerprint density at radius 2 is 1.29 bits per heavy atom. The molecule has 0 fully saturated rings. The summed E-state index contributed by atoms with van der Waals surface area (Å²) < 4.78 is 0. The van der Waals surface area contributed by atoms with E-state index in [0.717, 1.165) is 0 Å². The van der Waals surface area contributed by atoms with Crippen molar-refractivity contribution in [2.45, 2.75) is 76.9 Å². The van der Waals surface area contributed by atoms with Gasteiger partial charge in [-0.3, -0.25) is 14.4 Å². The first-order chi connectivity index (χ1) is 15.8. The third-order valence-corrected chi connectivity index (χ3v) is 5.08. The topological polar surface area (TPSA) is 191 Å². The Labute approximate surface area is 199 Å². The Morgan fingerprint density at radius 1 is 0.824 bits per heavy atom. The second-order valence-corrected chi connectivity index (χ2v) is 8.78. The van der Waals surface area contributed by atoms with E-state index in [-0.39, 0.29) is 12.3 Å². The van der Waals surface area contributed by atoms with Crippen LogP contribution < -0.4 is 21.7 Å². The molecule has 1 aromatic carbocycles. The minimum absolute atomic E-state index is 0.0114. The molecule has 0 aliphatic rings. The fraction of sp³-hybridized carbons (Fsp3) is 0.565. The van der Waals surface area contributed by atoms with Crippen molar-refractivity contribution in [2.24, 2.45) is 11.7 Å². The van der Waals surface area contributed by atoms with E-state index in [1.807, 2.05) is 13.8 Å². The zero-order valence-corrected chi connectivity index (χ0v) is 19.9. The van der Waals surface area contributed by atoms with E-state index >= 15 is 0 Å². The van der Waals surface area contributed by atoms with Gasteiger partial charge in [-0.2, -0.15) is 0 Å². The van der Waals surface area contributed by atoms with Gasteiger partial charge in [-0.1, -0.05) is 44.2 Å². The second kappa shape index (κ2) is 13.6. The van der Waals surface area contributed by atoms with Crippen LogP contribution in [0.3, 0.4) is 0 Å². The predicted octanol–water partition coefficient (Wildman–Crippen LogP) is -1.10. The highest BCUT2D eigenvalue weighted by molar-refractivity contribution is 5.94. The van der Waals surface area contributed by atoms with Gasteiger partial charge in [-0.25, -0.2) is 4.79 Å². The van der Waals surface area contributed by atoms with E-state index < -0.39 is 60.1 Å². The van der Waals surface area contributed by atoms with Crippen molar-refractivity contribution in [3.63, 3.8) is 0 Å². The number of carboxylic acids is 1. The van der Waals surface area contributed by atoms with E-state index in [9.17, 15) is 34.5 Å². The van der Waals surface area contributed by atoms with Gasteiger partial charge in [0.15, 0.2) is 0 Å². The number of amides is 3. The van der Waals surface area contributed by atoms with Crippen molar-refractivity contribution < 1.29 is 34.5 Å². The molecular formula is C23H36N4O7. The van der Waals surface area contributed by atoms with Gasteiger partial charge < -0.3 is 37.0 Å². The maximum atomic E-state index is 12.8. The summed E-state index contributed by atoms with van der Waals surface area (Å²) >= 11 is 0. The first-order valence-corrected chi connectivity index (χ1v) is 11.1.